The number of hydrogen-bond acceptors (Lipinski definition) is 3. The van der Waals surface area contributed by atoms with Gasteiger partial charge in [0.25, 0.3) is 0 Å². The standard InChI is InChI=1S/C12H17NO2/c1-8-4-5-10(13)12(3,7-8)11(15)6-9(2)14/h4-5,7,10H,6,13H2,1-3H3. The number of Topliss-reactive ketones (excluding diaryl/α,β-unsaturated/α-hetero) is 2. The molecule has 2 atom stereocenters. The quantitative estimate of drug-likeness (QED) is 0.711. The largest absolute Gasteiger partial charge is 0.323 e. The van der Waals surface area contributed by atoms with Crippen molar-refractivity contribution in [2.45, 2.75) is 33.2 Å². The van der Waals surface area contributed by atoms with Crippen LogP contribution in [0.2, 0.25) is 0 Å². The van der Waals surface area contributed by atoms with Gasteiger partial charge in [0.15, 0.2) is 5.78 Å². The minimum absolute atomic E-state index is 0.0399. The maximum atomic E-state index is 11.9. The average molecular weight is 207 g/mol. The highest BCUT2D eigenvalue weighted by molar-refractivity contribution is 6.02. The zero-order valence-electron chi connectivity index (χ0n) is 9.41. The maximum absolute atomic E-state index is 11.9. The van der Waals surface area contributed by atoms with Gasteiger partial charge in [-0.05, 0) is 20.8 Å². The molecule has 0 bridgehead atoms. The summed E-state index contributed by atoms with van der Waals surface area (Å²) < 4.78 is 0. The van der Waals surface area contributed by atoms with Crippen molar-refractivity contribution in [3.8, 4) is 0 Å². The molecule has 0 amide bonds. The molecule has 2 unspecified atom stereocenters. The Morgan fingerprint density at radius 2 is 2.13 bits per heavy atom. The summed E-state index contributed by atoms with van der Waals surface area (Å²) in [5.74, 6) is -0.222. The predicted molar refractivity (Wildman–Crippen MR) is 59.3 cm³/mol. The smallest absolute Gasteiger partial charge is 0.151 e. The van der Waals surface area contributed by atoms with Crippen molar-refractivity contribution in [3.05, 3.63) is 23.8 Å². The van der Waals surface area contributed by atoms with E-state index in [1.54, 1.807) is 6.92 Å². The van der Waals surface area contributed by atoms with E-state index < -0.39 is 5.41 Å². The molecule has 0 heterocycles. The molecule has 0 aliphatic heterocycles. The summed E-state index contributed by atoms with van der Waals surface area (Å²) in [4.78, 5) is 22.8. The summed E-state index contributed by atoms with van der Waals surface area (Å²) in [6.07, 6.45) is 5.52. The summed E-state index contributed by atoms with van der Waals surface area (Å²) >= 11 is 0. The SMILES string of the molecule is CC(=O)CC(=O)C1(C)C=C(C)C=CC1N. The third kappa shape index (κ3) is 2.42. The minimum Gasteiger partial charge on any atom is -0.323 e. The lowest BCUT2D eigenvalue weighted by atomic mass is 9.73. The van der Waals surface area contributed by atoms with E-state index in [-0.39, 0.29) is 24.0 Å². The van der Waals surface area contributed by atoms with Crippen molar-refractivity contribution in [1.82, 2.24) is 0 Å². The predicted octanol–water partition coefficient (Wildman–Crippen LogP) is 1.38. The van der Waals surface area contributed by atoms with Gasteiger partial charge < -0.3 is 5.73 Å². The molecule has 3 heteroatoms. The average Bonchev–Trinajstić information content (AvgIpc) is 2.10. The highest BCUT2D eigenvalue weighted by Crippen LogP contribution is 2.31. The molecular weight excluding hydrogens is 190 g/mol. The molecule has 3 nitrogen and oxygen atoms in total. The van der Waals surface area contributed by atoms with E-state index in [2.05, 4.69) is 0 Å². The van der Waals surface area contributed by atoms with E-state index in [0.29, 0.717) is 0 Å². The topological polar surface area (TPSA) is 60.2 Å². The monoisotopic (exact) mass is 207 g/mol. The molecule has 0 spiro atoms. The second-order valence-electron chi connectivity index (χ2n) is 4.36. The number of carbonyl (C=O) groups is 2. The van der Waals surface area contributed by atoms with Crippen molar-refractivity contribution in [2.75, 3.05) is 0 Å². The number of carbonyl (C=O) groups excluding carboxylic acids is 2. The molecule has 0 aromatic carbocycles. The van der Waals surface area contributed by atoms with Crippen LogP contribution in [0.4, 0.5) is 0 Å². The van der Waals surface area contributed by atoms with Gasteiger partial charge in [0.05, 0.1) is 11.8 Å². The Bertz CT molecular complexity index is 355. The Morgan fingerprint density at radius 3 is 2.67 bits per heavy atom. The van der Waals surface area contributed by atoms with Gasteiger partial charge in [0.1, 0.15) is 5.78 Å². The second kappa shape index (κ2) is 4.11. The third-order valence-corrected chi connectivity index (χ3v) is 2.80. The first-order chi connectivity index (χ1) is 6.86. The number of ketones is 2. The van der Waals surface area contributed by atoms with Crippen LogP contribution in [0.1, 0.15) is 27.2 Å². The van der Waals surface area contributed by atoms with Gasteiger partial charge in [0, 0.05) is 6.04 Å². The summed E-state index contributed by atoms with van der Waals surface area (Å²) in [7, 11) is 0. The number of rotatable bonds is 3. The van der Waals surface area contributed by atoms with Crippen molar-refractivity contribution >= 4 is 11.6 Å². The highest BCUT2D eigenvalue weighted by Gasteiger charge is 2.37. The molecule has 0 aromatic heterocycles. The van der Waals surface area contributed by atoms with Gasteiger partial charge >= 0.3 is 0 Å². The van der Waals surface area contributed by atoms with Crippen molar-refractivity contribution in [2.24, 2.45) is 11.1 Å². The first kappa shape index (κ1) is 11.9. The van der Waals surface area contributed by atoms with Crippen LogP contribution in [-0.2, 0) is 9.59 Å². The van der Waals surface area contributed by atoms with E-state index >= 15 is 0 Å². The first-order valence-corrected chi connectivity index (χ1v) is 5.02. The van der Waals surface area contributed by atoms with Crippen LogP contribution >= 0.6 is 0 Å². The van der Waals surface area contributed by atoms with E-state index in [9.17, 15) is 9.59 Å². The lowest BCUT2D eigenvalue weighted by Gasteiger charge is -2.32. The molecule has 0 radical (unpaired) electrons. The van der Waals surface area contributed by atoms with Crippen LogP contribution < -0.4 is 5.73 Å². The fourth-order valence-corrected chi connectivity index (χ4v) is 1.76. The molecule has 0 saturated heterocycles. The van der Waals surface area contributed by atoms with E-state index in [4.69, 9.17) is 5.73 Å². The van der Waals surface area contributed by atoms with E-state index in [1.807, 2.05) is 25.2 Å². The van der Waals surface area contributed by atoms with Crippen LogP contribution in [0.25, 0.3) is 0 Å². The molecule has 82 valence electrons. The summed E-state index contributed by atoms with van der Waals surface area (Å²) in [5, 5.41) is 0. The Labute approximate surface area is 90.0 Å². The van der Waals surface area contributed by atoms with Gasteiger partial charge in [-0.1, -0.05) is 23.8 Å². The van der Waals surface area contributed by atoms with Crippen molar-refractivity contribution in [1.29, 1.82) is 0 Å². The van der Waals surface area contributed by atoms with E-state index in [0.717, 1.165) is 5.57 Å². The van der Waals surface area contributed by atoms with Crippen LogP contribution in [0, 0.1) is 5.41 Å². The van der Waals surface area contributed by atoms with Gasteiger partial charge in [-0.25, -0.2) is 0 Å². The number of nitrogens with two attached hydrogens (primary N) is 1. The van der Waals surface area contributed by atoms with Gasteiger partial charge in [0.2, 0.25) is 0 Å². The van der Waals surface area contributed by atoms with Gasteiger partial charge in [-0.3, -0.25) is 9.59 Å². The lowest BCUT2D eigenvalue weighted by Crippen LogP contribution is -2.44. The Morgan fingerprint density at radius 1 is 1.53 bits per heavy atom. The third-order valence-electron chi connectivity index (χ3n) is 2.80. The molecule has 0 aromatic rings. The van der Waals surface area contributed by atoms with Crippen molar-refractivity contribution < 1.29 is 9.59 Å². The molecule has 15 heavy (non-hydrogen) atoms. The Hall–Kier alpha value is -1.22. The number of allylic oxidation sites excluding steroid dienone is 2. The summed E-state index contributed by atoms with van der Waals surface area (Å²) in [6, 6.07) is -0.340. The molecule has 1 aliphatic rings. The van der Waals surface area contributed by atoms with E-state index in [1.165, 1.54) is 6.92 Å². The minimum atomic E-state index is -0.732. The highest BCUT2D eigenvalue weighted by atomic mass is 16.1. The Kier molecular flexibility index (Phi) is 3.25. The van der Waals surface area contributed by atoms with Gasteiger partial charge in [-0.2, -0.15) is 0 Å². The summed E-state index contributed by atoms with van der Waals surface area (Å²) in [6.45, 7) is 5.12. The molecule has 1 rings (SSSR count). The fraction of sp³-hybridized carbons (Fsp3) is 0.500. The summed E-state index contributed by atoms with van der Waals surface area (Å²) in [5.41, 5.74) is 6.17. The lowest BCUT2D eigenvalue weighted by molar-refractivity contribution is -0.130. The molecule has 0 saturated carbocycles. The second-order valence-corrected chi connectivity index (χ2v) is 4.36. The van der Waals surface area contributed by atoms with Crippen LogP contribution in [0.5, 0.6) is 0 Å². The molecule has 1 aliphatic carbocycles. The molecular formula is C12H17NO2. The number of hydrogen-bond donors (Lipinski definition) is 1. The molecule has 2 N–H and O–H groups in total. The Balaban J connectivity index is 2.95. The maximum Gasteiger partial charge on any atom is 0.151 e. The van der Waals surface area contributed by atoms with Crippen molar-refractivity contribution in [3.63, 3.8) is 0 Å². The normalized spacial score (nSPS) is 29.9. The first-order valence-electron chi connectivity index (χ1n) is 5.02. The van der Waals surface area contributed by atoms with Gasteiger partial charge in [-0.15, -0.1) is 0 Å². The molecule has 0 fully saturated rings. The van der Waals surface area contributed by atoms with Crippen LogP contribution in [0.3, 0.4) is 0 Å². The zero-order chi connectivity index (χ0) is 11.6. The van der Waals surface area contributed by atoms with Crippen LogP contribution in [-0.4, -0.2) is 17.6 Å². The van der Waals surface area contributed by atoms with Crippen LogP contribution in [0.15, 0.2) is 23.8 Å². The fourth-order valence-electron chi connectivity index (χ4n) is 1.76. The zero-order valence-corrected chi connectivity index (χ0v) is 9.41.